The zero-order valence-corrected chi connectivity index (χ0v) is 13.3. The van der Waals surface area contributed by atoms with Gasteiger partial charge in [0, 0.05) is 32.9 Å². The maximum absolute atomic E-state index is 11.7. The Bertz CT molecular complexity index is 409. The van der Waals surface area contributed by atoms with Gasteiger partial charge >= 0.3 is 5.97 Å². The molecule has 0 aromatic carbocycles. The van der Waals surface area contributed by atoms with E-state index in [2.05, 4.69) is 16.0 Å². The molecule has 0 saturated carbocycles. The van der Waals surface area contributed by atoms with E-state index in [4.69, 9.17) is 5.11 Å². The van der Waals surface area contributed by atoms with Crippen molar-refractivity contribution >= 4 is 23.7 Å². The number of amides is 3. The summed E-state index contributed by atoms with van der Waals surface area (Å²) in [5, 5.41) is 16.5. The third kappa shape index (κ3) is 10.6. The molecule has 0 bridgehead atoms. The standard InChI is InChI=1S/C14H25N3O5/c1-9(2)8-11(14(21)22)17-13(20)5-4-12(19)16-7-6-15-10(3)18/h9,11H,4-8H2,1-3H3,(H,15,18)(H,16,19)(H,17,20)(H,21,22)/t11-/m0/s1. The van der Waals surface area contributed by atoms with E-state index in [1.165, 1.54) is 6.92 Å². The second-order valence-electron chi connectivity index (χ2n) is 5.42. The van der Waals surface area contributed by atoms with Crippen LogP contribution in [0.2, 0.25) is 0 Å². The highest BCUT2D eigenvalue weighted by molar-refractivity contribution is 5.86. The first-order chi connectivity index (χ1) is 10.2. The Labute approximate surface area is 130 Å². The third-order valence-electron chi connectivity index (χ3n) is 2.74. The molecule has 8 heteroatoms. The highest BCUT2D eigenvalue weighted by Gasteiger charge is 2.21. The van der Waals surface area contributed by atoms with Crippen LogP contribution in [0.15, 0.2) is 0 Å². The van der Waals surface area contributed by atoms with Gasteiger partial charge < -0.3 is 21.1 Å². The lowest BCUT2D eigenvalue weighted by Crippen LogP contribution is -2.42. The molecule has 0 aliphatic heterocycles. The van der Waals surface area contributed by atoms with Crippen molar-refractivity contribution in [3.05, 3.63) is 0 Å². The Kier molecular flexibility index (Phi) is 9.56. The second kappa shape index (κ2) is 10.6. The topological polar surface area (TPSA) is 125 Å². The summed E-state index contributed by atoms with van der Waals surface area (Å²) in [5.41, 5.74) is 0. The van der Waals surface area contributed by atoms with Crippen LogP contribution in [0.5, 0.6) is 0 Å². The average Bonchev–Trinajstić information content (AvgIpc) is 2.39. The van der Waals surface area contributed by atoms with Crippen LogP contribution in [0.4, 0.5) is 0 Å². The number of hydrogen-bond acceptors (Lipinski definition) is 4. The number of rotatable bonds is 10. The number of carbonyl (C=O) groups is 4. The molecule has 0 saturated heterocycles. The molecule has 22 heavy (non-hydrogen) atoms. The van der Waals surface area contributed by atoms with Gasteiger partial charge in [0.05, 0.1) is 0 Å². The predicted molar refractivity (Wildman–Crippen MR) is 79.9 cm³/mol. The average molecular weight is 315 g/mol. The van der Waals surface area contributed by atoms with Crippen LogP contribution < -0.4 is 16.0 Å². The molecule has 0 aromatic rings. The van der Waals surface area contributed by atoms with Crippen molar-refractivity contribution in [1.29, 1.82) is 0 Å². The third-order valence-corrected chi connectivity index (χ3v) is 2.74. The highest BCUT2D eigenvalue weighted by atomic mass is 16.4. The minimum atomic E-state index is -1.08. The monoisotopic (exact) mass is 315 g/mol. The highest BCUT2D eigenvalue weighted by Crippen LogP contribution is 2.05. The van der Waals surface area contributed by atoms with Gasteiger partial charge in [0.25, 0.3) is 0 Å². The summed E-state index contributed by atoms with van der Waals surface area (Å²) in [5.74, 6) is -1.92. The first-order valence-corrected chi connectivity index (χ1v) is 7.25. The fourth-order valence-corrected chi connectivity index (χ4v) is 1.72. The molecule has 0 radical (unpaired) electrons. The maximum Gasteiger partial charge on any atom is 0.326 e. The quantitative estimate of drug-likeness (QED) is 0.410. The van der Waals surface area contributed by atoms with Crippen molar-refractivity contribution in [1.82, 2.24) is 16.0 Å². The van der Waals surface area contributed by atoms with Gasteiger partial charge in [0.1, 0.15) is 6.04 Å². The molecule has 0 aliphatic rings. The lowest BCUT2D eigenvalue weighted by Gasteiger charge is -2.16. The van der Waals surface area contributed by atoms with Crippen LogP contribution in [0, 0.1) is 5.92 Å². The van der Waals surface area contributed by atoms with E-state index in [0.29, 0.717) is 13.0 Å². The molecule has 126 valence electrons. The summed E-state index contributed by atoms with van der Waals surface area (Å²) in [6.45, 7) is 5.71. The number of nitrogens with one attached hydrogen (secondary N) is 3. The first-order valence-electron chi connectivity index (χ1n) is 7.25. The van der Waals surface area contributed by atoms with E-state index in [1.807, 2.05) is 13.8 Å². The molecule has 0 aromatic heterocycles. The van der Waals surface area contributed by atoms with Gasteiger partial charge in [-0.2, -0.15) is 0 Å². The Morgan fingerprint density at radius 1 is 0.955 bits per heavy atom. The van der Waals surface area contributed by atoms with Crippen LogP contribution in [-0.4, -0.2) is 47.9 Å². The Hall–Kier alpha value is -2.12. The van der Waals surface area contributed by atoms with Crippen molar-refractivity contribution < 1.29 is 24.3 Å². The molecular formula is C14H25N3O5. The summed E-state index contributed by atoms with van der Waals surface area (Å²) in [7, 11) is 0. The summed E-state index contributed by atoms with van der Waals surface area (Å²) < 4.78 is 0. The molecule has 0 rings (SSSR count). The minimum Gasteiger partial charge on any atom is -0.480 e. The van der Waals surface area contributed by atoms with Crippen LogP contribution in [0.3, 0.4) is 0 Å². The zero-order valence-electron chi connectivity index (χ0n) is 13.3. The fraction of sp³-hybridized carbons (Fsp3) is 0.714. The van der Waals surface area contributed by atoms with Crippen molar-refractivity contribution in [2.24, 2.45) is 5.92 Å². The lowest BCUT2D eigenvalue weighted by molar-refractivity contribution is -0.142. The van der Waals surface area contributed by atoms with Crippen LogP contribution in [0.1, 0.15) is 40.0 Å². The van der Waals surface area contributed by atoms with E-state index in [0.717, 1.165) is 0 Å². The number of aliphatic carboxylic acids is 1. The van der Waals surface area contributed by atoms with Crippen LogP contribution in [-0.2, 0) is 19.2 Å². The Balaban J connectivity index is 3.98. The van der Waals surface area contributed by atoms with Crippen molar-refractivity contribution in [2.75, 3.05) is 13.1 Å². The van der Waals surface area contributed by atoms with E-state index in [-0.39, 0.29) is 37.1 Å². The molecule has 0 fully saturated rings. The molecule has 3 amide bonds. The number of carboxylic acids is 1. The van der Waals surface area contributed by atoms with Gasteiger partial charge in [-0.25, -0.2) is 4.79 Å². The SMILES string of the molecule is CC(=O)NCCNC(=O)CCC(=O)N[C@@H](CC(C)C)C(=O)O. The first kappa shape index (κ1) is 19.9. The largest absolute Gasteiger partial charge is 0.480 e. The number of hydrogen-bond donors (Lipinski definition) is 4. The van der Waals surface area contributed by atoms with Gasteiger partial charge in [0.15, 0.2) is 0 Å². The normalized spacial score (nSPS) is 11.6. The second-order valence-corrected chi connectivity index (χ2v) is 5.42. The molecule has 8 nitrogen and oxygen atoms in total. The molecule has 0 aliphatic carbocycles. The minimum absolute atomic E-state index is 0.0279. The fourth-order valence-electron chi connectivity index (χ4n) is 1.72. The lowest BCUT2D eigenvalue weighted by atomic mass is 10.0. The molecular weight excluding hydrogens is 290 g/mol. The van der Waals surface area contributed by atoms with E-state index in [9.17, 15) is 19.2 Å². The van der Waals surface area contributed by atoms with E-state index >= 15 is 0 Å². The van der Waals surface area contributed by atoms with Crippen LogP contribution in [0.25, 0.3) is 0 Å². The van der Waals surface area contributed by atoms with Gasteiger partial charge in [-0.05, 0) is 12.3 Å². The summed E-state index contributed by atoms with van der Waals surface area (Å²) in [4.78, 5) is 44.7. The molecule has 4 N–H and O–H groups in total. The van der Waals surface area contributed by atoms with Crippen molar-refractivity contribution in [2.45, 2.75) is 46.1 Å². The molecule has 0 heterocycles. The maximum atomic E-state index is 11.7. The van der Waals surface area contributed by atoms with Gasteiger partial charge in [-0.3, -0.25) is 14.4 Å². The smallest absolute Gasteiger partial charge is 0.326 e. The Morgan fingerprint density at radius 3 is 2.00 bits per heavy atom. The number of carbonyl (C=O) groups excluding carboxylic acids is 3. The molecule has 0 spiro atoms. The van der Waals surface area contributed by atoms with Gasteiger partial charge in [0.2, 0.25) is 17.7 Å². The van der Waals surface area contributed by atoms with Gasteiger partial charge in [-0.15, -0.1) is 0 Å². The van der Waals surface area contributed by atoms with E-state index in [1.54, 1.807) is 0 Å². The zero-order chi connectivity index (χ0) is 17.1. The van der Waals surface area contributed by atoms with Gasteiger partial charge in [-0.1, -0.05) is 13.8 Å². The van der Waals surface area contributed by atoms with E-state index < -0.39 is 17.9 Å². The van der Waals surface area contributed by atoms with Crippen molar-refractivity contribution in [3.63, 3.8) is 0 Å². The summed E-state index contributed by atoms with van der Waals surface area (Å²) in [6, 6.07) is -0.935. The Morgan fingerprint density at radius 2 is 1.50 bits per heavy atom. The predicted octanol–water partition coefficient (Wildman–Crippen LogP) is -0.366. The van der Waals surface area contributed by atoms with Crippen LogP contribution >= 0.6 is 0 Å². The van der Waals surface area contributed by atoms with Crippen molar-refractivity contribution in [3.8, 4) is 0 Å². The molecule has 0 unspecified atom stereocenters. The summed E-state index contributed by atoms with van der Waals surface area (Å²) >= 11 is 0. The number of carboxylic acid groups (broad SMARTS) is 1. The summed E-state index contributed by atoms with van der Waals surface area (Å²) in [6.07, 6.45) is 0.234. The molecule has 1 atom stereocenters.